The summed E-state index contributed by atoms with van der Waals surface area (Å²) in [5.74, 6) is 0. The zero-order valence-corrected chi connectivity index (χ0v) is 26.7. The molecule has 0 N–H and O–H groups in total. The Balaban J connectivity index is 1.32. The Morgan fingerprint density at radius 2 is 0.551 bits per heavy atom. The topological polar surface area (TPSA) is 4.93 Å². The van der Waals surface area contributed by atoms with Crippen LogP contribution in [0.5, 0.6) is 0 Å². The van der Waals surface area contributed by atoms with E-state index in [1.54, 1.807) is 0 Å². The first-order chi connectivity index (χ1) is 24.3. The summed E-state index contributed by atoms with van der Waals surface area (Å²) in [6, 6.07) is 65.3. The van der Waals surface area contributed by atoms with Gasteiger partial charge in [0, 0.05) is 16.5 Å². The van der Waals surface area contributed by atoms with Crippen LogP contribution < -0.4 is 0 Å². The van der Waals surface area contributed by atoms with E-state index in [9.17, 15) is 0 Å². The SMILES string of the molecule is c1ccc2c(c1)-c1ccccc1-c1cc3c4ccccc4c4ccccc4c3cc1-c1cc(-n3c4ccccc4c4ccccc43)ccc1-2. The maximum atomic E-state index is 2.48. The number of rotatable bonds is 1. The summed E-state index contributed by atoms with van der Waals surface area (Å²) in [7, 11) is 0. The first-order valence-corrected chi connectivity index (χ1v) is 17.0. The molecule has 1 aliphatic rings. The average molecular weight is 620 g/mol. The Hall–Kier alpha value is -6.44. The molecule has 0 amide bonds. The number of hydrogen-bond acceptors (Lipinski definition) is 0. The number of hydrogen-bond donors (Lipinski definition) is 0. The van der Waals surface area contributed by atoms with Gasteiger partial charge in [0.05, 0.1) is 11.0 Å². The van der Waals surface area contributed by atoms with Crippen molar-refractivity contribution >= 4 is 54.1 Å². The molecule has 1 heterocycles. The molecule has 1 nitrogen and oxygen atoms in total. The number of aromatic nitrogens is 1. The lowest BCUT2D eigenvalue weighted by Crippen LogP contribution is -2.00. The van der Waals surface area contributed by atoms with E-state index >= 15 is 0 Å². The van der Waals surface area contributed by atoms with Gasteiger partial charge in [-0.05, 0) is 113 Å². The molecule has 9 aromatic carbocycles. The van der Waals surface area contributed by atoms with Crippen molar-refractivity contribution in [2.24, 2.45) is 0 Å². The average Bonchev–Trinajstić information content (AvgIpc) is 3.51. The quantitative estimate of drug-likeness (QED) is 0.161. The van der Waals surface area contributed by atoms with Gasteiger partial charge in [-0.3, -0.25) is 0 Å². The van der Waals surface area contributed by atoms with Crippen molar-refractivity contribution in [1.29, 1.82) is 0 Å². The van der Waals surface area contributed by atoms with Crippen LogP contribution in [0, 0.1) is 0 Å². The van der Waals surface area contributed by atoms with Crippen LogP contribution in [0.2, 0.25) is 0 Å². The van der Waals surface area contributed by atoms with Crippen molar-refractivity contribution in [2.75, 3.05) is 0 Å². The lowest BCUT2D eigenvalue weighted by Gasteiger charge is -2.25. The zero-order chi connectivity index (χ0) is 32.1. The van der Waals surface area contributed by atoms with Gasteiger partial charge in [0.25, 0.3) is 0 Å². The molecule has 0 spiro atoms. The highest BCUT2D eigenvalue weighted by atomic mass is 15.0. The number of para-hydroxylation sites is 2. The Kier molecular flexibility index (Phi) is 5.45. The van der Waals surface area contributed by atoms with Crippen LogP contribution in [0.25, 0.3) is 104 Å². The lowest BCUT2D eigenvalue weighted by molar-refractivity contribution is 1.18. The van der Waals surface area contributed by atoms with Crippen molar-refractivity contribution < 1.29 is 0 Å². The van der Waals surface area contributed by atoms with Gasteiger partial charge in [0.1, 0.15) is 0 Å². The minimum atomic E-state index is 1.16. The van der Waals surface area contributed by atoms with Crippen molar-refractivity contribution in [3.63, 3.8) is 0 Å². The van der Waals surface area contributed by atoms with Crippen molar-refractivity contribution in [3.8, 4) is 50.2 Å². The Morgan fingerprint density at radius 3 is 1.04 bits per heavy atom. The van der Waals surface area contributed by atoms with Gasteiger partial charge in [-0.1, -0.05) is 140 Å². The zero-order valence-electron chi connectivity index (χ0n) is 26.7. The second-order valence-corrected chi connectivity index (χ2v) is 13.2. The van der Waals surface area contributed by atoms with Gasteiger partial charge >= 0.3 is 0 Å². The molecule has 1 heteroatoms. The Labute approximate surface area is 283 Å². The largest absolute Gasteiger partial charge is 0.309 e. The molecule has 10 aromatic rings. The van der Waals surface area contributed by atoms with E-state index in [2.05, 4.69) is 180 Å². The van der Waals surface area contributed by atoms with Gasteiger partial charge in [-0.15, -0.1) is 0 Å². The van der Waals surface area contributed by atoms with E-state index in [0.717, 1.165) is 5.69 Å². The highest BCUT2D eigenvalue weighted by molar-refractivity contribution is 6.27. The van der Waals surface area contributed by atoms with Crippen LogP contribution in [0.15, 0.2) is 176 Å². The first kappa shape index (κ1) is 26.6. The molecule has 1 aliphatic carbocycles. The van der Waals surface area contributed by atoms with E-state index < -0.39 is 0 Å². The fourth-order valence-corrected chi connectivity index (χ4v) is 8.63. The molecule has 0 radical (unpaired) electrons. The molecule has 0 saturated carbocycles. The highest BCUT2D eigenvalue weighted by Crippen LogP contribution is 2.50. The van der Waals surface area contributed by atoms with Gasteiger partial charge in [0.15, 0.2) is 0 Å². The minimum Gasteiger partial charge on any atom is -0.309 e. The number of nitrogens with zero attached hydrogens (tertiary/aromatic N) is 1. The molecular weight excluding hydrogens is 591 g/mol. The highest BCUT2D eigenvalue weighted by Gasteiger charge is 2.24. The van der Waals surface area contributed by atoms with Gasteiger partial charge in [-0.25, -0.2) is 0 Å². The Morgan fingerprint density at radius 1 is 0.224 bits per heavy atom. The summed E-state index contributed by atoms with van der Waals surface area (Å²) in [6.45, 7) is 0. The molecule has 226 valence electrons. The molecule has 0 saturated heterocycles. The fraction of sp³-hybridized carbons (Fsp3) is 0. The van der Waals surface area contributed by atoms with Crippen molar-refractivity contribution in [2.45, 2.75) is 0 Å². The monoisotopic (exact) mass is 619 g/mol. The fourth-order valence-electron chi connectivity index (χ4n) is 8.63. The van der Waals surface area contributed by atoms with Crippen molar-refractivity contribution in [3.05, 3.63) is 176 Å². The third-order valence-corrected chi connectivity index (χ3v) is 10.7. The van der Waals surface area contributed by atoms with Crippen LogP contribution in [-0.4, -0.2) is 4.57 Å². The maximum absolute atomic E-state index is 2.48. The van der Waals surface area contributed by atoms with Crippen LogP contribution >= 0.6 is 0 Å². The predicted octanol–water partition coefficient (Wildman–Crippen LogP) is 13.2. The summed E-state index contributed by atoms with van der Waals surface area (Å²) >= 11 is 0. The molecule has 0 aliphatic heterocycles. The standard InChI is InChI=1S/C48H29N/c1-2-17-35-31(13-1)32-14-3-8-20-38(32)45-28-43-36-18-6-4-15-33(36)34-16-5-7-19-37(34)44(43)29-46(45)42-27-30(25-26-39(35)42)49-47-23-11-9-21-40(47)41-22-10-12-24-48(41)49/h1-29H. The van der Waals surface area contributed by atoms with E-state index in [-0.39, 0.29) is 0 Å². The van der Waals surface area contributed by atoms with E-state index in [1.807, 2.05) is 0 Å². The first-order valence-electron chi connectivity index (χ1n) is 17.0. The van der Waals surface area contributed by atoms with Crippen LogP contribution in [0.3, 0.4) is 0 Å². The van der Waals surface area contributed by atoms with Gasteiger partial charge in [0.2, 0.25) is 0 Å². The summed E-state index contributed by atoms with van der Waals surface area (Å²) in [5.41, 5.74) is 13.7. The number of fused-ring (bicyclic) bond motifs is 17. The van der Waals surface area contributed by atoms with Gasteiger partial charge in [-0.2, -0.15) is 0 Å². The second kappa shape index (κ2) is 10.0. The van der Waals surface area contributed by atoms with Crippen LogP contribution in [0.1, 0.15) is 0 Å². The maximum Gasteiger partial charge on any atom is 0.0541 e. The molecule has 0 fully saturated rings. The molecule has 1 aromatic heterocycles. The third kappa shape index (κ3) is 3.70. The normalized spacial score (nSPS) is 12.1. The Bertz CT molecular complexity index is 2940. The van der Waals surface area contributed by atoms with E-state index in [1.165, 1.54) is 98.6 Å². The van der Waals surface area contributed by atoms with E-state index in [0.29, 0.717) is 0 Å². The summed E-state index contributed by atoms with van der Waals surface area (Å²) in [4.78, 5) is 0. The molecule has 11 rings (SSSR count). The van der Waals surface area contributed by atoms with E-state index in [4.69, 9.17) is 0 Å². The van der Waals surface area contributed by atoms with Crippen molar-refractivity contribution in [1.82, 2.24) is 4.57 Å². The lowest BCUT2D eigenvalue weighted by atomic mass is 9.79. The second-order valence-electron chi connectivity index (χ2n) is 13.2. The smallest absolute Gasteiger partial charge is 0.0541 e. The molecule has 49 heavy (non-hydrogen) atoms. The summed E-state index contributed by atoms with van der Waals surface area (Å²) in [6.07, 6.45) is 0. The molecule has 0 unspecified atom stereocenters. The minimum absolute atomic E-state index is 1.16. The van der Waals surface area contributed by atoms with Crippen LogP contribution in [-0.2, 0) is 0 Å². The summed E-state index contributed by atoms with van der Waals surface area (Å²) in [5, 5.41) is 10.3. The van der Waals surface area contributed by atoms with Crippen LogP contribution in [0.4, 0.5) is 0 Å². The predicted molar refractivity (Wildman–Crippen MR) is 209 cm³/mol. The molecular formula is C48H29N. The van der Waals surface area contributed by atoms with Gasteiger partial charge < -0.3 is 4.57 Å². The summed E-state index contributed by atoms with van der Waals surface area (Å²) < 4.78 is 2.44. The molecule has 0 atom stereocenters. The third-order valence-electron chi connectivity index (χ3n) is 10.7. The number of benzene rings is 9. The molecule has 0 bridgehead atoms.